The van der Waals surface area contributed by atoms with Crippen molar-refractivity contribution >= 4 is 17.4 Å². The number of rotatable bonds is 6. The number of hydrogen-bond donors (Lipinski definition) is 2. The quantitative estimate of drug-likeness (QED) is 0.471. The van der Waals surface area contributed by atoms with Crippen molar-refractivity contribution in [2.24, 2.45) is 5.92 Å². The van der Waals surface area contributed by atoms with E-state index >= 15 is 0 Å². The van der Waals surface area contributed by atoms with Crippen molar-refractivity contribution in [3.63, 3.8) is 0 Å². The zero-order chi connectivity index (χ0) is 30.3. The van der Waals surface area contributed by atoms with Crippen LogP contribution in [0.5, 0.6) is 5.75 Å². The SMILES string of the molecule is C=CC(=O)N1CCN(C2NC(OCC3CCCN3C)NC3C(=O)[C@@]4(CCC32)CN(C)c2ccc(C)cc2O4)CC1CC#N. The molecule has 232 valence electrons. The second kappa shape index (κ2) is 12.2. The van der Waals surface area contributed by atoms with Crippen LogP contribution in [0.2, 0.25) is 0 Å². The van der Waals surface area contributed by atoms with Crippen molar-refractivity contribution in [1.82, 2.24) is 25.3 Å². The molecule has 0 bridgehead atoms. The fraction of sp³-hybridized carbons (Fsp3) is 0.656. The summed E-state index contributed by atoms with van der Waals surface area (Å²) in [6.07, 6.45) is 4.53. The summed E-state index contributed by atoms with van der Waals surface area (Å²) in [5.74, 6) is 0.645. The molecule has 11 nitrogen and oxygen atoms in total. The Balaban J connectivity index is 1.26. The van der Waals surface area contributed by atoms with Gasteiger partial charge in [0, 0.05) is 38.6 Å². The normalized spacial score (nSPS) is 34.8. The van der Waals surface area contributed by atoms with Crippen molar-refractivity contribution in [1.29, 1.82) is 5.26 Å². The summed E-state index contributed by atoms with van der Waals surface area (Å²) >= 11 is 0. The molecule has 6 rings (SSSR count). The van der Waals surface area contributed by atoms with Crippen molar-refractivity contribution in [3.8, 4) is 11.8 Å². The topological polar surface area (TPSA) is 113 Å². The lowest BCUT2D eigenvalue weighted by Crippen LogP contribution is -2.76. The highest BCUT2D eigenvalue weighted by molar-refractivity contribution is 5.95. The molecule has 4 fully saturated rings. The largest absolute Gasteiger partial charge is 0.475 e. The number of likely N-dealkylation sites (tertiary alicyclic amines) is 1. The third-order valence-electron chi connectivity index (χ3n) is 10.2. The molecule has 6 unspecified atom stereocenters. The molecule has 3 saturated heterocycles. The van der Waals surface area contributed by atoms with E-state index in [4.69, 9.17) is 9.47 Å². The van der Waals surface area contributed by atoms with Gasteiger partial charge in [0.2, 0.25) is 5.91 Å². The van der Waals surface area contributed by atoms with E-state index in [0.717, 1.165) is 42.8 Å². The third-order valence-corrected chi connectivity index (χ3v) is 10.2. The molecule has 0 radical (unpaired) electrons. The van der Waals surface area contributed by atoms with Crippen molar-refractivity contribution in [2.75, 3.05) is 58.3 Å². The maximum Gasteiger partial charge on any atom is 0.246 e. The summed E-state index contributed by atoms with van der Waals surface area (Å²) in [6.45, 7) is 9.48. The average Bonchev–Trinajstić information content (AvgIpc) is 3.41. The molecule has 7 atom stereocenters. The van der Waals surface area contributed by atoms with Gasteiger partial charge in [-0.1, -0.05) is 12.6 Å². The number of nitriles is 1. The van der Waals surface area contributed by atoms with Crippen molar-refractivity contribution in [2.45, 2.75) is 75.3 Å². The van der Waals surface area contributed by atoms with Crippen LogP contribution in [0.4, 0.5) is 5.69 Å². The number of fused-ring (bicyclic) bond motifs is 2. The number of nitrogens with one attached hydrogen (secondary N) is 2. The number of Topliss-reactive ketones (excluding diaryl/α,β-unsaturated/α-hetero) is 1. The molecule has 4 heterocycles. The van der Waals surface area contributed by atoms with Gasteiger partial charge in [-0.05, 0) is 70.0 Å². The number of ether oxygens (including phenoxy) is 2. The lowest BCUT2D eigenvalue weighted by Gasteiger charge is -2.55. The monoisotopic (exact) mass is 591 g/mol. The molecule has 11 heteroatoms. The molecule has 1 saturated carbocycles. The smallest absolute Gasteiger partial charge is 0.246 e. The Hall–Kier alpha value is -3.01. The highest BCUT2D eigenvalue weighted by Gasteiger charge is 2.57. The number of carbonyl (C=O) groups excluding carboxylic acids is 2. The van der Waals surface area contributed by atoms with Crippen LogP contribution in [0.15, 0.2) is 30.9 Å². The molecule has 4 aliphatic heterocycles. The second-order valence-electron chi connectivity index (χ2n) is 13.0. The number of carbonyl (C=O) groups is 2. The van der Waals surface area contributed by atoms with Crippen LogP contribution in [0.25, 0.3) is 0 Å². The zero-order valence-electron chi connectivity index (χ0n) is 25.6. The second-order valence-corrected chi connectivity index (χ2v) is 13.0. The summed E-state index contributed by atoms with van der Waals surface area (Å²) in [4.78, 5) is 35.7. The van der Waals surface area contributed by atoms with Crippen molar-refractivity contribution in [3.05, 3.63) is 36.4 Å². The molecule has 0 aromatic heterocycles. The van der Waals surface area contributed by atoms with Gasteiger partial charge in [0.05, 0.1) is 49.6 Å². The predicted molar refractivity (Wildman–Crippen MR) is 162 cm³/mol. The number of piperazine rings is 1. The van der Waals surface area contributed by atoms with E-state index < -0.39 is 18.0 Å². The number of likely N-dealkylation sites (N-methyl/N-ethyl adjacent to an activating group) is 2. The summed E-state index contributed by atoms with van der Waals surface area (Å²) in [5.41, 5.74) is 1.15. The molecular weight excluding hydrogens is 546 g/mol. The standard InChI is InChI=1S/C32H45N7O4/c1-5-27(40)39-16-15-38(18-22(39)11-13-33)30-24-10-12-32(20-37(4)25-9-8-21(2)17-26(25)43-32)29(41)28(24)34-31(35-30)42-19-23-7-6-14-36(23)3/h5,8-9,17,22-24,28,30-31,34-35H,1,6-7,10-12,14-16,18-20H2,2-4H3/t22?,23?,24?,28?,30?,31?,32-/m1/s1. The van der Waals surface area contributed by atoms with E-state index in [2.05, 4.69) is 57.2 Å². The molecule has 1 aromatic carbocycles. The van der Waals surface area contributed by atoms with E-state index in [1.807, 2.05) is 20.0 Å². The zero-order valence-corrected chi connectivity index (χ0v) is 25.6. The number of benzene rings is 1. The first kappa shape index (κ1) is 30.0. The van der Waals surface area contributed by atoms with E-state index in [0.29, 0.717) is 45.2 Å². The average molecular weight is 592 g/mol. The summed E-state index contributed by atoms with van der Waals surface area (Å²) in [7, 11) is 4.16. The minimum absolute atomic E-state index is 0.0238. The fourth-order valence-electron chi connectivity index (χ4n) is 7.87. The number of amides is 1. The van der Waals surface area contributed by atoms with E-state index in [9.17, 15) is 14.9 Å². The highest BCUT2D eigenvalue weighted by Crippen LogP contribution is 2.44. The van der Waals surface area contributed by atoms with Gasteiger partial charge < -0.3 is 24.2 Å². The Kier molecular flexibility index (Phi) is 8.50. The number of nitrogens with zero attached hydrogens (tertiary/aromatic N) is 5. The van der Waals surface area contributed by atoms with E-state index in [1.54, 1.807) is 4.90 Å². The first-order valence-corrected chi connectivity index (χ1v) is 15.7. The summed E-state index contributed by atoms with van der Waals surface area (Å²) in [6, 6.07) is 8.05. The molecular formula is C32H45N7O4. The number of anilines is 1. The minimum Gasteiger partial charge on any atom is -0.475 e. The van der Waals surface area contributed by atoms with Crippen LogP contribution in [0, 0.1) is 24.2 Å². The number of ketones is 1. The lowest BCUT2D eigenvalue weighted by atomic mass is 9.71. The van der Waals surface area contributed by atoms with Gasteiger partial charge in [-0.2, -0.15) is 5.26 Å². The summed E-state index contributed by atoms with van der Waals surface area (Å²) < 4.78 is 13.1. The Morgan fingerprint density at radius 1 is 1.23 bits per heavy atom. The van der Waals surface area contributed by atoms with Gasteiger partial charge in [-0.25, -0.2) is 0 Å². The van der Waals surface area contributed by atoms with Crippen molar-refractivity contribution < 1.29 is 19.1 Å². The Bertz CT molecular complexity index is 1280. The summed E-state index contributed by atoms with van der Waals surface area (Å²) in [5, 5.41) is 16.8. The fourth-order valence-corrected chi connectivity index (χ4v) is 7.87. The van der Waals surface area contributed by atoms with Gasteiger partial charge in [0.1, 0.15) is 5.75 Å². The maximum absolute atomic E-state index is 14.6. The first-order valence-electron chi connectivity index (χ1n) is 15.7. The van der Waals surface area contributed by atoms with Crippen LogP contribution >= 0.6 is 0 Å². The molecule has 43 heavy (non-hydrogen) atoms. The van der Waals surface area contributed by atoms with Gasteiger partial charge in [-0.15, -0.1) is 0 Å². The van der Waals surface area contributed by atoms with Gasteiger partial charge >= 0.3 is 0 Å². The maximum atomic E-state index is 14.6. The molecule has 1 aliphatic carbocycles. The molecule has 5 aliphatic rings. The van der Waals surface area contributed by atoms with Crippen LogP contribution < -0.4 is 20.3 Å². The number of hydrogen-bond acceptors (Lipinski definition) is 10. The van der Waals surface area contributed by atoms with Crippen LogP contribution in [-0.4, -0.2) is 116 Å². The van der Waals surface area contributed by atoms with Crippen LogP contribution in [-0.2, 0) is 14.3 Å². The Labute approximate surface area is 254 Å². The highest BCUT2D eigenvalue weighted by atomic mass is 16.5. The molecule has 1 spiro atoms. The Morgan fingerprint density at radius 3 is 2.81 bits per heavy atom. The minimum atomic E-state index is -0.944. The first-order chi connectivity index (χ1) is 20.7. The Morgan fingerprint density at radius 2 is 2.07 bits per heavy atom. The third kappa shape index (κ3) is 5.67. The van der Waals surface area contributed by atoms with Crippen LogP contribution in [0.3, 0.4) is 0 Å². The lowest BCUT2D eigenvalue weighted by molar-refractivity contribution is -0.159. The van der Waals surface area contributed by atoms with Crippen LogP contribution in [0.1, 0.15) is 37.7 Å². The van der Waals surface area contributed by atoms with Gasteiger partial charge in [-0.3, -0.25) is 25.1 Å². The molecule has 1 aromatic rings. The van der Waals surface area contributed by atoms with Gasteiger partial charge in [0.25, 0.3) is 0 Å². The molecule has 2 N–H and O–H groups in total. The number of aryl methyl sites for hydroxylation is 1. The predicted octanol–water partition coefficient (Wildman–Crippen LogP) is 1.44. The van der Waals surface area contributed by atoms with Gasteiger partial charge in [0.15, 0.2) is 17.7 Å². The molecule has 1 amide bonds. The van der Waals surface area contributed by atoms with E-state index in [-0.39, 0.29) is 36.2 Å². The van der Waals surface area contributed by atoms with E-state index in [1.165, 1.54) is 6.08 Å².